The van der Waals surface area contributed by atoms with Crippen LogP contribution in [0.3, 0.4) is 0 Å². The van der Waals surface area contributed by atoms with Crippen molar-refractivity contribution in [2.24, 2.45) is 5.92 Å². The first kappa shape index (κ1) is 8.53. The zero-order valence-corrected chi connectivity index (χ0v) is 7.09. The van der Waals surface area contributed by atoms with Gasteiger partial charge in [0.05, 0.1) is 12.6 Å². The zero-order chi connectivity index (χ0) is 8.27. The van der Waals surface area contributed by atoms with Crippen LogP contribution in [0.5, 0.6) is 0 Å². The second-order valence-corrected chi connectivity index (χ2v) is 3.07. The van der Waals surface area contributed by atoms with Crippen LogP contribution in [0.4, 0.5) is 0 Å². The van der Waals surface area contributed by atoms with Crippen LogP contribution in [0.2, 0.25) is 0 Å². The molecule has 0 aromatic heterocycles. The van der Waals surface area contributed by atoms with E-state index in [9.17, 15) is 4.79 Å². The van der Waals surface area contributed by atoms with Crippen molar-refractivity contribution < 1.29 is 9.53 Å². The Kier molecular flexibility index (Phi) is 2.88. The summed E-state index contributed by atoms with van der Waals surface area (Å²) in [4.78, 5) is 10.9. The SMILES string of the molecule is CC[C@@H](C)[C@@H]1COCC(=O)N1. The van der Waals surface area contributed by atoms with Gasteiger partial charge in [-0.05, 0) is 5.92 Å². The first-order valence-corrected chi connectivity index (χ1v) is 4.11. The van der Waals surface area contributed by atoms with E-state index in [1.807, 2.05) is 0 Å². The predicted octanol–water partition coefficient (Wildman–Crippen LogP) is 0.547. The molecule has 1 saturated heterocycles. The van der Waals surface area contributed by atoms with Gasteiger partial charge in [-0.25, -0.2) is 0 Å². The highest BCUT2D eigenvalue weighted by Crippen LogP contribution is 2.10. The monoisotopic (exact) mass is 157 g/mol. The molecule has 0 bridgehead atoms. The Morgan fingerprint density at radius 2 is 2.55 bits per heavy atom. The molecule has 0 spiro atoms. The minimum absolute atomic E-state index is 0.0153. The third-order valence-electron chi connectivity index (χ3n) is 2.21. The Hall–Kier alpha value is -0.570. The zero-order valence-electron chi connectivity index (χ0n) is 7.09. The van der Waals surface area contributed by atoms with Gasteiger partial charge >= 0.3 is 0 Å². The molecule has 2 atom stereocenters. The highest BCUT2D eigenvalue weighted by Gasteiger charge is 2.22. The molecule has 0 aromatic carbocycles. The van der Waals surface area contributed by atoms with Gasteiger partial charge < -0.3 is 10.1 Å². The number of ether oxygens (including phenoxy) is 1. The normalized spacial score (nSPS) is 27.8. The van der Waals surface area contributed by atoms with Crippen molar-refractivity contribution in [1.82, 2.24) is 5.32 Å². The summed E-state index contributed by atoms with van der Waals surface area (Å²) < 4.78 is 5.11. The summed E-state index contributed by atoms with van der Waals surface area (Å²) in [6.07, 6.45) is 1.08. The summed E-state index contributed by atoms with van der Waals surface area (Å²) in [5, 5.41) is 2.90. The molecular formula is C8H15NO2. The number of carbonyl (C=O) groups is 1. The Morgan fingerprint density at radius 1 is 1.82 bits per heavy atom. The fourth-order valence-corrected chi connectivity index (χ4v) is 1.16. The quantitative estimate of drug-likeness (QED) is 0.635. The third kappa shape index (κ3) is 2.19. The van der Waals surface area contributed by atoms with E-state index in [2.05, 4.69) is 19.2 Å². The number of hydrogen-bond donors (Lipinski definition) is 1. The lowest BCUT2D eigenvalue weighted by atomic mass is 9.99. The van der Waals surface area contributed by atoms with Crippen molar-refractivity contribution in [2.45, 2.75) is 26.3 Å². The van der Waals surface area contributed by atoms with Gasteiger partial charge in [-0.15, -0.1) is 0 Å². The number of amides is 1. The van der Waals surface area contributed by atoms with E-state index in [4.69, 9.17) is 4.74 Å². The van der Waals surface area contributed by atoms with E-state index >= 15 is 0 Å². The fraction of sp³-hybridized carbons (Fsp3) is 0.875. The molecule has 0 aliphatic carbocycles. The highest BCUT2D eigenvalue weighted by molar-refractivity contribution is 5.78. The van der Waals surface area contributed by atoms with Crippen LogP contribution < -0.4 is 5.32 Å². The number of nitrogens with one attached hydrogen (secondary N) is 1. The number of morpholine rings is 1. The van der Waals surface area contributed by atoms with Crippen LogP contribution in [0, 0.1) is 5.92 Å². The summed E-state index contributed by atoms with van der Waals surface area (Å²) in [5.74, 6) is 0.529. The maximum absolute atomic E-state index is 10.9. The lowest BCUT2D eigenvalue weighted by Gasteiger charge is -2.27. The largest absolute Gasteiger partial charge is 0.370 e. The summed E-state index contributed by atoms with van der Waals surface area (Å²) in [6, 6.07) is 0.223. The Morgan fingerprint density at radius 3 is 3.09 bits per heavy atom. The molecule has 0 unspecified atom stereocenters. The van der Waals surface area contributed by atoms with Gasteiger partial charge in [-0.1, -0.05) is 20.3 Å². The molecule has 3 nitrogen and oxygen atoms in total. The Bertz CT molecular complexity index is 147. The van der Waals surface area contributed by atoms with Crippen LogP contribution in [-0.2, 0) is 9.53 Å². The van der Waals surface area contributed by atoms with Crippen LogP contribution in [0.15, 0.2) is 0 Å². The minimum Gasteiger partial charge on any atom is -0.370 e. The summed E-state index contributed by atoms with van der Waals surface area (Å²) >= 11 is 0. The van der Waals surface area contributed by atoms with Crippen LogP contribution in [-0.4, -0.2) is 25.2 Å². The Labute approximate surface area is 67.1 Å². The maximum atomic E-state index is 10.9. The molecule has 0 saturated carbocycles. The van der Waals surface area contributed by atoms with Crippen LogP contribution in [0.1, 0.15) is 20.3 Å². The van der Waals surface area contributed by atoms with E-state index in [1.165, 1.54) is 0 Å². The molecule has 1 aliphatic rings. The molecule has 0 aromatic rings. The van der Waals surface area contributed by atoms with Gasteiger partial charge in [0.15, 0.2) is 0 Å². The van der Waals surface area contributed by atoms with Crippen LogP contribution in [0.25, 0.3) is 0 Å². The van der Waals surface area contributed by atoms with Crippen molar-refractivity contribution in [3.05, 3.63) is 0 Å². The van der Waals surface area contributed by atoms with Gasteiger partial charge in [0.25, 0.3) is 0 Å². The molecule has 1 amide bonds. The molecule has 0 radical (unpaired) electrons. The Balaban J connectivity index is 2.39. The molecule has 1 N–H and O–H groups in total. The smallest absolute Gasteiger partial charge is 0.246 e. The molecule has 1 aliphatic heterocycles. The van der Waals surface area contributed by atoms with E-state index in [0.29, 0.717) is 12.5 Å². The van der Waals surface area contributed by atoms with Gasteiger partial charge in [-0.3, -0.25) is 4.79 Å². The topological polar surface area (TPSA) is 38.3 Å². The standard InChI is InChI=1S/C8H15NO2/c1-3-6(2)7-4-11-5-8(10)9-7/h6-7H,3-5H2,1-2H3,(H,9,10)/t6-,7+/m1/s1. The third-order valence-corrected chi connectivity index (χ3v) is 2.21. The second kappa shape index (κ2) is 3.72. The molecule has 1 rings (SSSR count). The average molecular weight is 157 g/mol. The van der Waals surface area contributed by atoms with E-state index in [0.717, 1.165) is 6.42 Å². The van der Waals surface area contributed by atoms with Gasteiger partial charge in [0.1, 0.15) is 6.61 Å². The second-order valence-electron chi connectivity index (χ2n) is 3.07. The summed E-state index contributed by atoms with van der Waals surface area (Å²) in [6.45, 7) is 5.14. The van der Waals surface area contributed by atoms with Crippen LogP contribution >= 0.6 is 0 Å². The van der Waals surface area contributed by atoms with Crippen molar-refractivity contribution in [3.8, 4) is 0 Å². The maximum Gasteiger partial charge on any atom is 0.246 e. The first-order valence-electron chi connectivity index (χ1n) is 4.11. The van der Waals surface area contributed by atoms with Gasteiger partial charge in [0, 0.05) is 0 Å². The van der Waals surface area contributed by atoms with Gasteiger partial charge in [0.2, 0.25) is 5.91 Å². The lowest BCUT2D eigenvalue weighted by molar-refractivity contribution is -0.132. The van der Waals surface area contributed by atoms with Crippen molar-refractivity contribution in [2.75, 3.05) is 13.2 Å². The molecule has 1 heterocycles. The van der Waals surface area contributed by atoms with E-state index in [-0.39, 0.29) is 18.6 Å². The molecule has 1 fully saturated rings. The molecule has 64 valence electrons. The predicted molar refractivity (Wildman–Crippen MR) is 42.2 cm³/mol. The molecular weight excluding hydrogens is 142 g/mol. The number of carbonyl (C=O) groups excluding carboxylic acids is 1. The van der Waals surface area contributed by atoms with Crippen molar-refractivity contribution >= 4 is 5.91 Å². The van der Waals surface area contributed by atoms with Crippen molar-refractivity contribution in [3.63, 3.8) is 0 Å². The summed E-state index contributed by atoms with van der Waals surface area (Å²) in [5.41, 5.74) is 0. The van der Waals surface area contributed by atoms with E-state index in [1.54, 1.807) is 0 Å². The highest BCUT2D eigenvalue weighted by atomic mass is 16.5. The minimum atomic E-state index is 0.0153. The molecule has 11 heavy (non-hydrogen) atoms. The number of rotatable bonds is 2. The summed E-state index contributed by atoms with van der Waals surface area (Å²) in [7, 11) is 0. The first-order chi connectivity index (χ1) is 5.24. The van der Waals surface area contributed by atoms with Crippen molar-refractivity contribution in [1.29, 1.82) is 0 Å². The lowest BCUT2D eigenvalue weighted by Crippen LogP contribution is -2.48. The number of hydrogen-bond acceptors (Lipinski definition) is 2. The van der Waals surface area contributed by atoms with E-state index < -0.39 is 0 Å². The average Bonchev–Trinajstić information content (AvgIpc) is 2.03. The molecule has 3 heteroatoms. The fourth-order valence-electron chi connectivity index (χ4n) is 1.16. The van der Waals surface area contributed by atoms with Gasteiger partial charge in [-0.2, -0.15) is 0 Å².